The molecule has 1 aliphatic heterocycles. The van der Waals surface area contributed by atoms with Gasteiger partial charge in [-0.3, -0.25) is 9.78 Å². The topological polar surface area (TPSA) is 67.3 Å². The standard InChI is InChI=1S/C22H19F3N4O2/c23-14-3-7-20(17(25)10-14)31-13-22(30)29-9-1-2-19(29)18-6-5-16(12-26-18)28-21-8-4-15(24)11-27-21/h3-8,10-12,19H,1-2,9,13H2,(H,27,28)/t19-/m0/s1. The summed E-state index contributed by atoms with van der Waals surface area (Å²) in [6.07, 6.45) is 4.29. The van der Waals surface area contributed by atoms with Crippen LogP contribution in [-0.2, 0) is 4.79 Å². The second-order valence-electron chi connectivity index (χ2n) is 7.07. The lowest BCUT2D eigenvalue weighted by atomic mass is 10.1. The number of hydrogen-bond acceptors (Lipinski definition) is 5. The summed E-state index contributed by atoms with van der Waals surface area (Å²) in [5.41, 5.74) is 1.39. The molecule has 1 atom stereocenters. The number of pyridine rings is 2. The molecule has 0 unspecified atom stereocenters. The van der Waals surface area contributed by atoms with E-state index in [0.717, 1.165) is 36.9 Å². The highest BCUT2D eigenvalue weighted by atomic mass is 19.1. The first-order valence-corrected chi connectivity index (χ1v) is 9.71. The summed E-state index contributed by atoms with van der Waals surface area (Å²) in [7, 11) is 0. The third kappa shape index (κ3) is 4.93. The molecule has 1 aromatic carbocycles. The highest BCUT2D eigenvalue weighted by Crippen LogP contribution is 2.31. The zero-order valence-corrected chi connectivity index (χ0v) is 16.4. The van der Waals surface area contributed by atoms with Gasteiger partial charge in [-0.05, 0) is 49.2 Å². The Morgan fingerprint density at radius 2 is 1.90 bits per heavy atom. The molecule has 0 bridgehead atoms. The van der Waals surface area contributed by atoms with Gasteiger partial charge in [-0.2, -0.15) is 0 Å². The van der Waals surface area contributed by atoms with Crippen molar-refractivity contribution in [1.29, 1.82) is 0 Å². The monoisotopic (exact) mass is 428 g/mol. The average Bonchev–Trinajstić information content (AvgIpc) is 3.25. The maximum absolute atomic E-state index is 13.7. The van der Waals surface area contributed by atoms with Gasteiger partial charge in [-0.15, -0.1) is 0 Å². The van der Waals surface area contributed by atoms with Crippen LogP contribution in [-0.4, -0.2) is 33.9 Å². The number of ether oxygens (including phenoxy) is 1. The summed E-state index contributed by atoms with van der Waals surface area (Å²) in [6.45, 7) is 0.189. The molecule has 0 spiro atoms. The van der Waals surface area contributed by atoms with Crippen molar-refractivity contribution in [3.63, 3.8) is 0 Å². The van der Waals surface area contributed by atoms with Crippen LogP contribution in [0.4, 0.5) is 24.7 Å². The van der Waals surface area contributed by atoms with Gasteiger partial charge in [-0.1, -0.05) is 0 Å². The lowest BCUT2D eigenvalue weighted by Crippen LogP contribution is -2.34. The van der Waals surface area contributed by atoms with Crippen LogP contribution in [0.1, 0.15) is 24.6 Å². The fourth-order valence-corrected chi connectivity index (χ4v) is 3.46. The summed E-state index contributed by atoms with van der Waals surface area (Å²) in [5.74, 6) is -1.98. The van der Waals surface area contributed by atoms with Crippen LogP contribution in [0, 0.1) is 17.5 Å². The lowest BCUT2D eigenvalue weighted by Gasteiger charge is -2.24. The number of amides is 1. The van der Waals surface area contributed by atoms with Gasteiger partial charge in [0.15, 0.2) is 18.2 Å². The fraction of sp³-hybridized carbons (Fsp3) is 0.227. The second kappa shape index (κ2) is 9.03. The van der Waals surface area contributed by atoms with Crippen LogP contribution in [0.25, 0.3) is 0 Å². The molecule has 9 heteroatoms. The number of nitrogens with zero attached hydrogens (tertiary/aromatic N) is 3. The van der Waals surface area contributed by atoms with Crippen LogP contribution in [0.2, 0.25) is 0 Å². The molecule has 6 nitrogen and oxygen atoms in total. The van der Waals surface area contributed by atoms with E-state index in [1.807, 2.05) is 6.07 Å². The van der Waals surface area contributed by atoms with Gasteiger partial charge >= 0.3 is 0 Å². The van der Waals surface area contributed by atoms with E-state index in [1.54, 1.807) is 17.2 Å². The minimum absolute atomic E-state index is 0.173. The molecule has 160 valence electrons. The largest absolute Gasteiger partial charge is 0.481 e. The Kier molecular flexibility index (Phi) is 6.01. The number of anilines is 2. The number of benzene rings is 1. The van der Waals surface area contributed by atoms with E-state index >= 15 is 0 Å². The molecule has 3 aromatic rings. The van der Waals surface area contributed by atoms with Crippen molar-refractivity contribution < 1.29 is 22.7 Å². The quantitative estimate of drug-likeness (QED) is 0.631. The number of halogens is 3. The van der Waals surface area contributed by atoms with Gasteiger partial charge in [0.25, 0.3) is 5.91 Å². The first kappa shape index (κ1) is 20.6. The Bertz CT molecular complexity index is 1060. The third-order valence-corrected chi connectivity index (χ3v) is 4.95. The second-order valence-corrected chi connectivity index (χ2v) is 7.07. The van der Waals surface area contributed by atoms with Crippen LogP contribution in [0.5, 0.6) is 5.75 Å². The van der Waals surface area contributed by atoms with Crippen molar-refractivity contribution in [3.8, 4) is 5.75 Å². The molecule has 1 aliphatic rings. The minimum Gasteiger partial charge on any atom is -0.481 e. The van der Waals surface area contributed by atoms with Gasteiger partial charge < -0.3 is 15.0 Å². The zero-order valence-electron chi connectivity index (χ0n) is 16.4. The van der Waals surface area contributed by atoms with E-state index in [1.165, 1.54) is 12.1 Å². The Morgan fingerprint density at radius 1 is 1.06 bits per heavy atom. The summed E-state index contributed by atoms with van der Waals surface area (Å²) in [4.78, 5) is 22.7. The number of aromatic nitrogens is 2. The SMILES string of the molecule is O=C(COc1ccc(F)cc1F)N1CCC[C@H]1c1ccc(Nc2ccc(F)cn2)cn1. The first-order chi connectivity index (χ1) is 15.0. The van der Waals surface area contributed by atoms with Crippen LogP contribution in [0.3, 0.4) is 0 Å². The summed E-state index contributed by atoms with van der Waals surface area (Å²) in [6, 6.07) is 9.16. The minimum atomic E-state index is -0.855. The molecular weight excluding hydrogens is 409 g/mol. The van der Waals surface area contributed by atoms with Gasteiger partial charge in [-0.25, -0.2) is 18.2 Å². The van der Waals surface area contributed by atoms with Crippen molar-refractivity contribution in [2.45, 2.75) is 18.9 Å². The molecule has 2 aromatic heterocycles. The van der Waals surface area contributed by atoms with Gasteiger partial charge in [0.1, 0.15) is 17.5 Å². The molecule has 0 saturated carbocycles. The third-order valence-electron chi connectivity index (χ3n) is 4.95. The Labute approximate surface area is 176 Å². The number of likely N-dealkylation sites (tertiary alicyclic amines) is 1. The van der Waals surface area contributed by atoms with E-state index in [9.17, 15) is 18.0 Å². The van der Waals surface area contributed by atoms with Crippen LogP contribution in [0.15, 0.2) is 54.9 Å². The maximum atomic E-state index is 13.7. The molecule has 1 saturated heterocycles. The molecule has 3 heterocycles. The van der Waals surface area contributed by atoms with E-state index in [2.05, 4.69) is 15.3 Å². The fourth-order valence-electron chi connectivity index (χ4n) is 3.46. The number of rotatable bonds is 6. The zero-order chi connectivity index (χ0) is 21.8. The number of nitrogens with one attached hydrogen (secondary N) is 1. The van der Waals surface area contributed by atoms with E-state index in [0.29, 0.717) is 24.1 Å². The number of carbonyl (C=O) groups excluding carboxylic acids is 1. The molecule has 1 amide bonds. The first-order valence-electron chi connectivity index (χ1n) is 9.71. The molecule has 1 N–H and O–H groups in total. The van der Waals surface area contributed by atoms with Crippen LogP contribution >= 0.6 is 0 Å². The van der Waals surface area contributed by atoms with Gasteiger partial charge in [0.2, 0.25) is 0 Å². The smallest absolute Gasteiger partial charge is 0.261 e. The molecule has 0 radical (unpaired) electrons. The maximum Gasteiger partial charge on any atom is 0.261 e. The van der Waals surface area contributed by atoms with Crippen molar-refractivity contribution in [2.24, 2.45) is 0 Å². The molecular formula is C22H19F3N4O2. The highest BCUT2D eigenvalue weighted by molar-refractivity contribution is 5.78. The normalized spacial score (nSPS) is 15.7. The summed E-state index contributed by atoms with van der Waals surface area (Å²) < 4.78 is 44.9. The van der Waals surface area contributed by atoms with E-state index in [4.69, 9.17) is 4.74 Å². The molecule has 31 heavy (non-hydrogen) atoms. The van der Waals surface area contributed by atoms with Gasteiger partial charge in [0, 0.05) is 12.6 Å². The lowest BCUT2D eigenvalue weighted by molar-refractivity contribution is -0.134. The van der Waals surface area contributed by atoms with Crippen LogP contribution < -0.4 is 10.1 Å². The van der Waals surface area contributed by atoms with Crippen molar-refractivity contribution in [2.75, 3.05) is 18.5 Å². The predicted octanol–water partition coefficient (Wildman–Crippen LogP) is 4.38. The molecule has 4 rings (SSSR count). The highest BCUT2D eigenvalue weighted by Gasteiger charge is 2.31. The van der Waals surface area contributed by atoms with Crippen molar-refractivity contribution in [3.05, 3.63) is 78.0 Å². The number of carbonyl (C=O) groups is 1. The predicted molar refractivity (Wildman–Crippen MR) is 107 cm³/mol. The van der Waals surface area contributed by atoms with Crippen molar-refractivity contribution in [1.82, 2.24) is 14.9 Å². The average molecular weight is 428 g/mol. The molecule has 0 aliphatic carbocycles. The van der Waals surface area contributed by atoms with E-state index in [-0.39, 0.29) is 24.3 Å². The summed E-state index contributed by atoms with van der Waals surface area (Å²) >= 11 is 0. The Balaban J connectivity index is 1.39. The number of hydrogen-bond donors (Lipinski definition) is 1. The Morgan fingerprint density at radius 3 is 2.61 bits per heavy atom. The van der Waals surface area contributed by atoms with E-state index < -0.39 is 17.5 Å². The summed E-state index contributed by atoms with van der Waals surface area (Å²) in [5, 5.41) is 3.03. The Hall–Kier alpha value is -3.62. The molecule has 1 fully saturated rings. The van der Waals surface area contributed by atoms with Gasteiger partial charge in [0.05, 0.1) is 29.8 Å². The van der Waals surface area contributed by atoms with Crippen molar-refractivity contribution >= 4 is 17.4 Å².